The van der Waals surface area contributed by atoms with Crippen molar-refractivity contribution in [3.63, 3.8) is 0 Å². The number of hydrogen-bond acceptors (Lipinski definition) is 3. The summed E-state index contributed by atoms with van der Waals surface area (Å²) in [6.07, 6.45) is 0. The average molecular weight is 299 g/mol. The van der Waals surface area contributed by atoms with Gasteiger partial charge in [0.05, 0.1) is 4.86 Å². The summed E-state index contributed by atoms with van der Waals surface area (Å²) in [7, 11) is 0. The van der Waals surface area contributed by atoms with E-state index in [0.717, 1.165) is 0 Å². The first-order valence-corrected chi connectivity index (χ1v) is 6.68. The third kappa shape index (κ3) is 3.73. The largest absolute Gasteiger partial charge is 0.479 e. The minimum Gasteiger partial charge on any atom is -0.479 e. The lowest BCUT2D eigenvalue weighted by molar-refractivity contribution is -0.137. The molecule has 0 aromatic heterocycles. The molecule has 0 spiro atoms. The molecule has 106 valence electrons. The molecule has 0 saturated heterocycles. The molecule has 5 heteroatoms. The molecule has 0 radical (unpaired) electrons. The second-order valence-corrected chi connectivity index (χ2v) is 4.78. The van der Waals surface area contributed by atoms with Gasteiger partial charge in [-0.3, -0.25) is 4.79 Å². The van der Waals surface area contributed by atoms with Crippen LogP contribution in [0.5, 0.6) is 0 Å². The van der Waals surface area contributed by atoms with Crippen molar-refractivity contribution in [2.24, 2.45) is 0 Å². The Balaban J connectivity index is 2.19. The molecule has 0 heterocycles. The normalized spacial score (nSPS) is 11.4. The lowest BCUT2D eigenvalue weighted by Gasteiger charge is -2.16. The van der Waals surface area contributed by atoms with E-state index in [0.29, 0.717) is 11.1 Å². The van der Waals surface area contributed by atoms with E-state index in [4.69, 9.17) is 12.2 Å². The molecular weight excluding hydrogens is 286 g/mol. The van der Waals surface area contributed by atoms with Crippen LogP contribution >= 0.6 is 12.2 Å². The molecule has 0 aliphatic rings. The van der Waals surface area contributed by atoms with Gasteiger partial charge >= 0.3 is 5.97 Å². The zero-order valence-electron chi connectivity index (χ0n) is 11.0. The summed E-state index contributed by atoms with van der Waals surface area (Å²) >= 11 is 5.19. The molecule has 0 saturated carbocycles. The molecule has 21 heavy (non-hydrogen) atoms. The first kappa shape index (κ1) is 14.9. The van der Waals surface area contributed by atoms with Gasteiger partial charge in [-0.1, -0.05) is 60.7 Å². The number of nitrogens with one attached hydrogen (secondary N) is 1. The van der Waals surface area contributed by atoms with Crippen molar-refractivity contribution >= 4 is 29.0 Å². The maximum absolute atomic E-state index is 12.1. The van der Waals surface area contributed by atoms with Crippen LogP contribution in [-0.4, -0.2) is 27.9 Å². The van der Waals surface area contributed by atoms with Gasteiger partial charge < -0.3 is 10.4 Å². The van der Waals surface area contributed by atoms with Gasteiger partial charge in [0, 0.05) is 5.56 Å². The SMILES string of the molecule is O=C(N[C@H](C(=O)O)C(=S)c1ccccc1)c1ccccc1. The van der Waals surface area contributed by atoms with Crippen LogP contribution in [0, 0.1) is 0 Å². The van der Waals surface area contributed by atoms with Gasteiger partial charge in [0.2, 0.25) is 0 Å². The Kier molecular flexibility index (Phi) is 4.79. The molecule has 0 fully saturated rings. The van der Waals surface area contributed by atoms with E-state index in [9.17, 15) is 14.7 Å². The number of aliphatic carboxylic acids is 1. The Hall–Kier alpha value is -2.53. The van der Waals surface area contributed by atoms with Crippen molar-refractivity contribution in [1.29, 1.82) is 0 Å². The number of carboxylic acids is 1. The van der Waals surface area contributed by atoms with Crippen molar-refractivity contribution in [3.05, 3.63) is 71.8 Å². The molecule has 4 nitrogen and oxygen atoms in total. The second kappa shape index (κ2) is 6.76. The fourth-order valence-corrected chi connectivity index (χ4v) is 2.11. The Morgan fingerprint density at radius 3 is 1.86 bits per heavy atom. The number of carboxylic acid groups (broad SMARTS) is 1. The summed E-state index contributed by atoms with van der Waals surface area (Å²) in [6, 6.07) is 15.9. The van der Waals surface area contributed by atoms with Crippen molar-refractivity contribution in [3.8, 4) is 0 Å². The Morgan fingerprint density at radius 2 is 1.38 bits per heavy atom. The minimum absolute atomic E-state index is 0.174. The predicted molar refractivity (Wildman–Crippen MR) is 83.5 cm³/mol. The first-order valence-electron chi connectivity index (χ1n) is 6.27. The quantitative estimate of drug-likeness (QED) is 0.656. The molecule has 1 amide bonds. The molecule has 0 unspecified atom stereocenters. The van der Waals surface area contributed by atoms with Crippen molar-refractivity contribution in [1.82, 2.24) is 5.32 Å². The van der Waals surface area contributed by atoms with E-state index in [1.807, 2.05) is 6.07 Å². The number of carbonyl (C=O) groups excluding carboxylic acids is 1. The number of benzene rings is 2. The molecule has 2 aromatic carbocycles. The summed E-state index contributed by atoms with van der Waals surface area (Å²) < 4.78 is 0. The van der Waals surface area contributed by atoms with Gasteiger partial charge in [-0.05, 0) is 17.7 Å². The van der Waals surface area contributed by atoms with Gasteiger partial charge in [-0.25, -0.2) is 4.79 Å². The van der Waals surface area contributed by atoms with E-state index in [1.54, 1.807) is 54.6 Å². The van der Waals surface area contributed by atoms with Crippen molar-refractivity contribution < 1.29 is 14.7 Å². The van der Waals surface area contributed by atoms with Gasteiger partial charge in [0.25, 0.3) is 5.91 Å². The zero-order chi connectivity index (χ0) is 15.2. The predicted octanol–water partition coefficient (Wildman–Crippen LogP) is 2.29. The highest BCUT2D eigenvalue weighted by atomic mass is 32.1. The molecule has 0 aliphatic heterocycles. The number of amides is 1. The monoisotopic (exact) mass is 299 g/mol. The summed E-state index contributed by atoms with van der Waals surface area (Å²) in [5.74, 6) is -1.66. The van der Waals surface area contributed by atoms with E-state index in [1.165, 1.54) is 0 Å². The standard InChI is InChI=1S/C16H13NO3S/c18-15(12-9-5-2-6-10-12)17-13(16(19)20)14(21)11-7-3-1-4-8-11/h1-10,13H,(H,17,18)(H,19,20)/t13-/m0/s1. The number of hydrogen-bond donors (Lipinski definition) is 2. The summed E-state index contributed by atoms with van der Waals surface area (Å²) in [4.78, 5) is 23.6. The topological polar surface area (TPSA) is 66.4 Å². The lowest BCUT2D eigenvalue weighted by Crippen LogP contribution is -2.46. The maximum atomic E-state index is 12.1. The Bertz CT molecular complexity index is 656. The Labute approximate surface area is 127 Å². The average Bonchev–Trinajstić information content (AvgIpc) is 2.53. The highest BCUT2D eigenvalue weighted by molar-refractivity contribution is 7.81. The third-order valence-corrected chi connectivity index (χ3v) is 3.35. The fourth-order valence-electron chi connectivity index (χ4n) is 1.81. The number of thiocarbonyl (C=S) groups is 1. The fraction of sp³-hybridized carbons (Fsp3) is 0.0625. The highest BCUT2D eigenvalue weighted by Crippen LogP contribution is 2.07. The van der Waals surface area contributed by atoms with E-state index >= 15 is 0 Å². The summed E-state index contributed by atoms with van der Waals surface area (Å²) in [5, 5.41) is 11.7. The smallest absolute Gasteiger partial charge is 0.331 e. The maximum Gasteiger partial charge on any atom is 0.331 e. The van der Waals surface area contributed by atoms with Crippen LogP contribution in [0.3, 0.4) is 0 Å². The molecule has 1 atom stereocenters. The molecule has 0 bridgehead atoms. The van der Waals surface area contributed by atoms with Crippen LogP contribution in [-0.2, 0) is 4.79 Å². The summed E-state index contributed by atoms with van der Waals surface area (Å²) in [6.45, 7) is 0. The zero-order valence-corrected chi connectivity index (χ0v) is 11.8. The van der Waals surface area contributed by atoms with Crippen LogP contribution in [0.4, 0.5) is 0 Å². The van der Waals surface area contributed by atoms with Crippen molar-refractivity contribution in [2.45, 2.75) is 6.04 Å². The molecule has 2 rings (SSSR count). The van der Waals surface area contributed by atoms with E-state index in [2.05, 4.69) is 5.32 Å². The van der Waals surface area contributed by atoms with Gasteiger partial charge in [-0.15, -0.1) is 0 Å². The number of rotatable bonds is 5. The van der Waals surface area contributed by atoms with Crippen LogP contribution in [0.2, 0.25) is 0 Å². The van der Waals surface area contributed by atoms with Gasteiger partial charge in [0.1, 0.15) is 0 Å². The molecule has 2 aromatic rings. The van der Waals surface area contributed by atoms with Crippen LogP contribution in [0.25, 0.3) is 0 Å². The highest BCUT2D eigenvalue weighted by Gasteiger charge is 2.25. The second-order valence-electron chi connectivity index (χ2n) is 4.34. The first-order chi connectivity index (χ1) is 10.1. The molecule has 2 N–H and O–H groups in total. The van der Waals surface area contributed by atoms with Crippen molar-refractivity contribution in [2.75, 3.05) is 0 Å². The molecule has 0 aliphatic carbocycles. The van der Waals surface area contributed by atoms with Crippen LogP contribution in [0.15, 0.2) is 60.7 Å². The van der Waals surface area contributed by atoms with E-state index < -0.39 is 17.9 Å². The van der Waals surface area contributed by atoms with E-state index in [-0.39, 0.29) is 4.86 Å². The van der Waals surface area contributed by atoms with Gasteiger partial charge in [0.15, 0.2) is 6.04 Å². The van der Waals surface area contributed by atoms with Crippen LogP contribution in [0.1, 0.15) is 15.9 Å². The van der Waals surface area contributed by atoms with Crippen LogP contribution < -0.4 is 5.32 Å². The lowest BCUT2D eigenvalue weighted by atomic mass is 10.1. The van der Waals surface area contributed by atoms with Gasteiger partial charge in [-0.2, -0.15) is 0 Å². The number of carbonyl (C=O) groups is 2. The summed E-state index contributed by atoms with van der Waals surface area (Å²) in [5.41, 5.74) is 0.993. The minimum atomic E-state index is -1.24. The third-order valence-electron chi connectivity index (χ3n) is 2.88. The Morgan fingerprint density at radius 1 is 0.905 bits per heavy atom. The molecular formula is C16H13NO3S.